The largest absolute Gasteiger partial charge is 0.310 e. The van der Waals surface area contributed by atoms with Crippen LogP contribution in [0.25, 0.3) is 74.1 Å². The van der Waals surface area contributed by atoms with E-state index in [1.54, 1.807) is 11.3 Å². The van der Waals surface area contributed by atoms with E-state index in [2.05, 4.69) is 163 Å². The van der Waals surface area contributed by atoms with E-state index in [0.29, 0.717) is 0 Å². The Bertz CT molecular complexity index is 2830. The monoisotopic (exact) mass is 687 g/mol. The van der Waals surface area contributed by atoms with Gasteiger partial charge in [0.1, 0.15) is 10.3 Å². The Balaban J connectivity index is 1.01. The van der Waals surface area contributed by atoms with E-state index < -0.39 is 0 Å². The summed E-state index contributed by atoms with van der Waals surface area (Å²) in [5.74, 6) is 0. The molecule has 0 N–H and O–H groups in total. The third-order valence-corrected chi connectivity index (χ3v) is 11.8. The van der Waals surface area contributed by atoms with Crippen LogP contribution in [0.4, 0.5) is 17.1 Å². The third kappa shape index (κ3) is 5.26. The Kier molecular flexibility index (Phi) is 7.19. The molecule has 0 radical (unpaired) electrons. The molecule has 3 nitrogen and oxygen atoms in total. The average Bonchev–Trinajstić information content (AvgIpc) is 3.77. The molecular formula is C46H29N3S2. The Morgan fingerprint density at radius 3 is 1.92 bits per heavy atom. The maximum atomic E-state index is 5.17. The van der Waals surface area contributed by atoms with Crippen molar-refractivity contribution in [2.75, 3.05) is 4.90 Å². The van der Waals surface area contributed by atoms with Crippen molar-refractivity contribution in [2.45, 2.75) is 0 Å². The molecule has 3 aromatic heterocycles. The molecule has 0 aliphatic rings. The average molecular weight is 688 g/mol. The lowest BCUT2D eigenvalue weighted by atomic mass is 9.97. The first kappa shape index (κ1) is 29.7. The Morgan fingerprint density at radius 2 is 1.08 bits per heavy atom. The van der Waals surface area contributed by atoms with Crippen LogP contribution in [0, 0.1) is 0 Å². The van der Waals surface area contributed by atoms with Gasteiger partial charge in [-0.15, -0.1) is 22.7 Å². The van der Waals surface area contributed by atoms with Gasteiger partial charge in [-0.1, -0.05) is 109 Å². The van der Waals surface area contributed by atoms with Crippen molar-refractivity contribution < 1.29 is 0 Å². The Morgan fingerprint density at radius 1 is 0.431 bits per heavy atom. The Labute approximate surface area is 303 Å². The first-order valence-electron chi connectivity index (χ1n) is 17.0. The van der Waals surface area contributed by atoms with Crippen molar-refractivity contribution in [1.29, 1.82) is 0 Å². The second kappa shape index (κ2) is 12.3. The molecule has 51 heavy (non-hydrogen) atoms. The van der Waals surface area contributed by atoms with Gasteiger partial charge in [0.25, 0.3) is 0 Å². The smallest absolute Gasteiger partial charge is 0.143 e. The summed E-state index contributed by atoms with van der Waals surface area (Å²) in [4.78, 5) is 13.4. The van der Waals surface area contributed by atoms with Crippen LogP contribution in [0.5, 0.6) is 0 Å². The van der Waals surface area contributed by atoms with Crippen LogP contribution in [0.3, 0.4) is 0 Å². The van der Waals surface area contributed by atoms with E-state index in [0.717, 1.165) is 44.1 Å². The van der Waals surface area contributed by atoms with Crippen molar-refractivity contribution in [2.24, 2.45) is 0 Å². The van der Waals surface area contributed by atoms with Gasteiger partial charge in [0.15, 0.2) is 0 Å². The summed E-state index contributed by atoms with van der Waals surface area (Å²) in [6, 6.07) is 60.5. The maximum Gasteiger partial charge on any atom is 0.143 e. The van der Waals surface area contributed by atoms with Crippen molar-refractivity contribution >= 4 is 80.3 Å². The van der Waals surface area contributed by atoms with Gasteiger partial charge < -0.3 is 4.90 Å². The lowest BCUT2D eigenvalue weighted by Crippen LogP contribution is -2.09. The number of anilines is 3. The first-order valence-corrected chi connectivity index (χ1v) is 18.6. The number of para-hydroxylation sites is 2. The van der Waals surface area contributed by atoms with E-state index in [4.69, 9.17) is 9.97 Å². The molecule has 5 heteroatoms. The van der Waals surface area contributed by atoms with Gasteiger partial charge in [-0.25, -0.2) is 4.98 Å². The number of benzene rings is 7. The van der Waals surface area contributed by atoms with E-state index in [1.807, 2.05) is 29.7 Å². The number of rotatable bonds is 6. The second-order valence-corrected chi connectivity index (χ2v) is 14.7. The highest BCUT2D eigenvalue weighted by Gasteiger charge is 2.16. The summed E-state index contributed by atoms with van der Waals surface area (Å²) in [6.07, 6.45) is 1.92. The molecule has 0 unspecified atom stereocenters. The molecule has 0 fully saturated rings. The van der Waals surface area contributed by atoms with E-state index >= 15 is 0 Å². The number of thiophene rings is 2. The summed E-state index contributed by atoms with van der Waals surface area (Å²) < 4.78 is 3.84. The summed E-state index contributed by atoms with van der Waals surface area (Å²) in [5.41, 5.74) is 11.0. The molecule has 0 atom stereocenters. The minimum Gasteiger partial charge on any atom is -0.310 e. The predicted molar refractivity (Wildman–Crippen MR) is 219 cm³/mol. The number of nitrogens with zero attached hydrogens (tertiary/aromatic N) is 3. The van der Waals surface area contributed by atoms with Crippen LogP contribution in [0.2, 0.25) is 0 Å². The normalized spacial score (nSPS) is 11.5. The molecule has 10 aromatic rings. The van der Waals surface area contributed by atoms with Crippen molar-refractivity contribution in [3.8, 4) is 33.5 Å². The van der Waals surface area contributed by atoms with Gasteiger partial charge in [-0.3, -0.25) is 4.98 Å². The zero-order valence-corrected chi connectivity index (χ0v) is 29.0. The topological polar surface area (TPSA) is 29.0 Å². The molecule has 7 aromatic carbocycles. The van der Waals surface area contributed by atoms with E-state index in [-0.39, 0.29) is 0 Å². The lowest BCUT2D eigenvalue weighted by molar-refractivity contribution is 1.27. The predicted octanol–water partition coefficient (Wildman–Crippen LogP) is 13.7. The highest BCUT2D eigenvalue weighted by molar-refractivity contribution is 7.26. The summed E-state index contributed by atoms with van der Waals surface area (Å²) in [6.45, 7) is 0. The van der Waals surface area contributed by atoms with Crippen LogP contribution in [0.1, 0.15) is 0 Å². The van der Waals surface area contributed by atoms with Crippen LogP contribution in [-0.2, 0) is 0 Å². The van der Waals surface area contributed by atoms with Crippen molar-refractivity contribution in [3.63, 3.8) is 0 Å². The fourth-order valence-electron chi connectivity index (χ4n) is 7.10. The quantitative estimate of drug-likeness (QED) is 0.174. The number of hydrogen-bond donors (Lipinski definition) is 0. The second-order valence-electron chi connectivity index (χ2n) is 12.6. The fourth-order valence-corrected chi connectivity index (χ4v) is 9.35. The SMILES string of the molecule is c1ccc(N(c2ccccc2)c2cccc(-c3cnc4c(n3)sc3ccc(-c5cccc(-c6cccc7c6sc6ccccc67)c5)cc34)c2)cc1. The number of aromatic nitrogens is 2. The molecule has 0 spiro atoms. The minimum atomic E-state index is 0.861. The molecular weight excluding hydrogens is 659 g/mol. The molecule has 0 amide bonds. The maximum absolute atomic E-state index is 5.17. The lowest BCUT2D eigenvalue weighted by Gasteiger charge is -2.25. The molecule has 0 aliphatic carbocycles. The molecule has 0 saturated heterocycles. The molecule has 0 saturated carbocycles. The minimum absolute atomic E-state index is 0.861. The molecule has 0 aliphatic heterocycles. The highest BCUT2D eigenvalue weighted by atomic mass is 32.1. The van der Waals surface area contributed by atoms with Crippen molar-refractivity contribution in [3.05, 3.63) is 176 Å². The van der Waals surface area contributed by atoms with Crippen LogP contribution >= 0.6 is 22.7 Å². The number of hydrogen-bond acceptors (Lipinski definition) is 5. The summed E-state index contributed by atoms with van der Waals surface area (Å²) >= 11 is 3.57. The van der Waals surface area contributed by atoms with Gasteiger partial charge >= 0.3 is 0 Å². The number of fused-ring (bicyclic) bond motifs is 6. The summed E-state index contributed by atoms with van der Waals surface area (Å²) in [7, 11) is 0. The zero-order chi connectivity index (χ0) is 33.7. The van der Waals surface area contributed by atoms with Crippen molar-refractivity contribution in [1.82, 2.24) is 9.97 Å². The molecule has 0 bridgehead atoms. The van der Waals surface area contributed by atoms with Gasteiger partial charge in [-0.2, -0.15) is 0 Å². The van der Waals surface area contributed by atoms with Gasteiger partial charge in [0, 0.05) is 52.9 Å². The van der Waals surface area contributed by atoms with Gasteiger partial charge in [0.2, 0.25) is 0 Å². The van der Waals surface area contributed by atoms with E-state index in [9.17, 15) is 0 Å². The fraction of sp³-hybridized carbons (Fsp3) is 0. The zero-order valence-electron chi connectivity index (χ0n) is 27.4. The van der Waals surface area contributed by atoms with Gasteiger partial charge in [-0.05, 0) is 82.9 Å². The first-order chi connectivity index (χ1) is 25.3. The van der Waals surface area contributed by atoms with E-state index in [1.165, 1.54) is 47.1 Å². The molecule has 3 heterocycles. The van der Waals surface area contributed by atoms with Crippen LogP contribution < -0.4 is 4.90 Å². The Hall–Kier alpha value is -6.14. The van der Waals surface area contributed by atoms with Crippen LogP contribution in [0.15, 0.2) is 176 Å². The highest BCUT2D eigenvalue weighted by Crippen LogP contribution is 2.42. The molecule has 10 rings (SSSR count). The molecule has 240 valence electrons. The summed E-state index contributed by atoms with van der Waals surface area (Å²) in [5, 5.41) is 3.78. The van der Waals surface area contributed by atoms with Crippen LogP contribution in [-0.4, -0.2) is 9.97 Å². The third-order valence-electron chi connectivity index (χ3n) is 9.52. The standard InChI is InChI=1S/C46H29N3S2/c1-3-15-34(16-4-1)49(35-17-5-2-6-18-35)36-19-10-14-33(27-36)41-29-47-44-40-28-31(24-25-43(40)51-46(44)48-41)30-12-9-13-32(26-30)37-21-11-22-39-38-20-7-8-23-42(38)50-45(37)39/h1-29H. The van der Waals surface area contributed by atoms with Gasteiger partial charge in [0.05, 0.1) is 11.9 Å².